The van der Waals surface area contributed by atoms with Gasteiger partial charge in [0.1, 0.15) is 16.3 Å². The van der Waals surface area contributed by atoms with Gasteiger partial charge in [-0.15, -0.1) is 11.3 Å². The number of ether oxygens (including phenoxy) is 1. The predicted molar refractivity (Wildman–Crippen MR) is 74.3 cm³/mol. The Morgan fingerprint density at radius 3 is 3.26 bits per heavy atom. The molecule has 0 saturated carbocycles. The van der Waals surface area contributed by atoms with Crippen LogP contribution in [0.25, 0.3) is 10.2 Å². The number of aromatic nitrogens is 2. The third-order valence-corrected chi connectivity index (χ3v) is 4.74. The van der Waals surface area contributed by atoms with Gasteiger partial charge in [-0.1, -0.05) is 11.6 Å². The number of hydrogen-bond donors (Lipinski definition) is 0. The second kappa shape index (κ2) is 5.41. The molecule has 0 spiro atoms. The quantitative estimate of drug-likeness (QED) is 0.640. The van der Waals surface area contributed by atoms with Crippen LogP contribution >= 0.6 is 22.9 Å². The van der Waals surface area contributed by atoms with Crippen molar-refractivity contribution in [1.29, 1.82) is 5.26 Å². The normalized spacial score (nSPS) is 18.2. The van der Waals surface area contributed by atoms with Gasteiger partial charge in [0, 0.05) is 10.4 Å². The second-order valence-corrected chi connectivity index (χ2v) is 5.88. The number of aryl methyl sites for hydroxylation is 1. The molecule has 2 heterocycles. The summed E-state index contributed by atoms with van der Waals surface area (Å²) in [6.45, 7) is 0.462. The number of nitrogens with zero attached hydrogens (tertiary/aromatic N) is 3. The van der Waals surface area contributed by atoms with Crippen LogP contribution in [0, 0.1) is 11.3 Å². The van der Waals surface area contributed by atoms with E-state index in [-0.39, 0.29) is 6.10 Å². The maximum absolute atomic E-state index is 8.60. The van der Waals surface area contributed by atoms with Crippen LogP contribution in [0.3, 0.4) is 0 Å². The van der Waals surface area contributed by atoms with E-state index in [0.29, 0.717) is 18.2 Å². The van der Waals surface area contributed by atoms with Crippen LogP contribution in [-0.2, 0) is 11.2 Å². The lowest BCUT2D eigenvalue weighted by molar-refractivity contribution is 0.0460. The molecule has 1 atom stereocenters. The van der Waals surface area contributed by atoms with Gasteiger partial charge in [0.05, 0.1) is 30.6 Å². The van der Waals surface area contributed by atoms with Crippen LogP contribution in [-0.4, -0.2) is 16.6 Å². The summed E-state index contributed by atoms with van der Waals surface area (Å²) in [6, 6.07) is 2.10. The summed E-state index contributed by atoms with van der Waals surface area (Å²) in [6.07, 6.45) is 5.05. The van der Waals surface area contributed by atoms with E-state index in [0.717, 1.165) is 35.0 Å². The molecule has 1 aliphatic carbocycles. The van der Waals surface area contributed by atoms with Crippen molar-refractivity contribution in [3.8, 4) is 6.07 Å². The molecule has 0 amide bonds. The second-order valence-electron chi connectivity index (χ2n) is 4.44. The Bertz CT molecular complexity index is 649. The van der Waals surface area contributed by atoms with E-state index in [4.69, 9.17) is 21.6 Å². The summed E-state index contributed by atoms with van der Waals surface area (Å²) in [4.78, 5) is 10.6. The summed E-state index contributed by atoms with van der Waals surface area (Å²) in [5, 5.41) is 10.0. The number of rotatable bonds is 3. The van der Waals surface area contributed by atoms with Crippen molar-refractivity contribution in [2.45, 2.75) is 31.8 Å². The molecule has 98 valence electrons. The van der Waals surface area contributed by atoms with Crippen LogP contribution in [0.1, 0.15) is 35.8 Å². The van der Waals surface area contributed by atoms with Crippen molar-refractivity contribution >= 4 is 33.2 Å². The first-order valence-corrected chi connectivity index (χ1v) is 7.41. The molecule has 0 fully saturated rings. The van der Waals surface area contributed by atoms with Gasteiger partial charge in [-0.2, -0.15) is 5.26 Å². The molecule has 6 heteroatoms. The van der Waals surface area contributed by atoms with Crippen molar-refractivity contribution in [2.24, 2.45) is 0 Å². The smallest absolute Gasteiger partial charge is 0.141 e. The number of thiophene rings is 1. The van der Waals surface area contributed by atoms with E-state index >= 15 is 0 Å². The van der Waals surface area contributed by atoms with Crippen LogP contribution in [0.4, 0.5) is 0 Å². The van der Waals surface area contributed by atoms with Crippen molar-refractivity contribution in [3.05, 3.63) is 21.9 Å². The predicted octanol–water partition coefficient (Wildman–Crippen LogP) is 3.65. The van der Waals surface area contributed by atoms with E-state index in [1.807, 2.05) is 0 Å². The van der Waals surface area contributed by atoms with Gasteiger partial charge in [0.15, 0.2) is 0 Å². The molecule has 1 aliphatic rings. The fourth-order valence-corrected chi connectivity index (χ4v) is 4.02. The van der Waals surface area contributed by atoms with Crippen LogP contribution in [0.5, 0.6) is 0 Å². The monoisotopic (exact) mass is 293 g/mol. The van der Waals surface area contributed by atoms with E-state index in [1.165, 1.54) is 11.2 Å². The third-order valence-electron chi connectivity index (χ3n) is 3.28. The molecular weight excluding hydrogens is 282 g/mol. The Balaban J connectivity index is 2.02. The standard InChI is InChI=1S/C13H12ClN3OS/c14-12-11-10-8(18-6-2-5-15)3-1-4-9(10)19-13(11)17-7-16-12/h7-8H,1-4,6H2. The molecule has 0 aromatic carbocycles. The molecule has 0 aliphatic heterocycles. The lowest BCUT2D eigenvalue weighted by atomic mass is 9.94. The van der Waals surface area contributed by atoms with Crippen LogP contribution in [0.15, 0.2) is 6.33 Å². The Hall–Kier alpha value is -1.22. The Labute approximate surface area is 120 Å². The minimum atomic E-state index is 0.0225. The first-order chi connectivity index (χ1) is 9.31. The maximum Gasteiger partial charge on any atom is 0.141 e. The highest BCUT2D eigenvalue weighted by Gasteiger charge is 2.27. The summed E-state index contributed by atoms with van der Waals surface area (Å²) < 4.78 is 5.84. The van der Waals surface area contributed by atoms with Crippen molar-refractivity contribution in [2.75, 3.05) is 6.61 Å². The molecule has 0 bridgehead atoms. The Kier molecular flexibility index (Phi) is 3.65. The van der Waals surface area contributed by atoms with Crippen molar-refractivity contribution in [1.82, 2.24) is 9.97 Å². The zero-order valence-electron chi connectivity index (χ0n) is 10.2. The molecule has 0 N–H and O–H groups in total. The summed E-state index contributed by atoms with van der Waals surface area (Å²) in [5.41, 5.74) is 1.15. The van der Waals surface area contributed by atoms with Gasteiger partial charge < -0.3 is 4.74 Å². The number of fused-ring (bicyclic) bond motifs is 3. The Morgan fingerprint density at radius 1 is 1.53 bits per heavy atom. The highest BCUT2D eigenvalue weighted by molar-refractivity contribution is 7.19. The van der Waals surface area contributed by atoms with E-state index in [9.17, 15) is 0 Å². The van der Waals surface area contributed by atoms with E-state index < -0.39 is 0 Å². The van der Waals surface area contributed by atoms with Gasteiger partial charge in [-0.25, -0.2) is 9.97 Å². The fourth-order valence-electron chi connectivity index (χ4n) is 2.50. The van der Waals surface area contributed by atoms with E-state index in [1.54, 1.807) is 11.3 Å². The zero-order valence-corrected chi connectivity index (χ0v) is 11.8. The topological polar surface area (TPSA) is 58.8 Å². The van der Waals surface area contributed by atoms with Gasteiger partial charge in [0.2, 0.25) is 0 Å². The van der Waals surface area contributed by atoms with Gasteiger partial charge in [-0.05, 0) is 19.3 Å². The highest BCUT2D eigenvalue weighted by Crippen LogP contribution is 2.43. The lowest BCUT2D eigenvalue weighted by Gasteiger charge is -2.23. The fraction of sp³-hybridized carbons (Fsp3) is 0.462. The van der Waals surface area contributed by atoms with Gasteiger partial charge >= 0.3 is 0 Å². The summed E-state index contributed by atoms with van der Waals surface area (Å²) in [5.74, 6) is 0. The number of hydrogen-bond acceptors (Lipinski definition) is 5. The third kappa shape index (κ3) is 2.32. The average molecular weight is 294 g/mol. The first-order valence-electron chi connectivity index (χ1n) is 6.21. The molecular formula is C13H12ClN3OS. The molecule has 0 saturated heterocycles. The molecule has 3 rings (SSSR count). The molecule has 0 radical (unpaired) electrons. The maximum atomic E-state index is 8.60. The minimum Gasteiger partial charge on any atom is -0.372 e. The molecule has 1 unspecified atom stereocenters. The zero-order chi connectivity index (χ0) is 13.2. The largest absolute Gasteiger partial charge is 0.372 e. The number of nitriles is 1. The van der Waals surface area contributed by atoms with E-state index in [2.05, 4.69) is 16.0 Å². The van der Waals surface area contributed by atoms with Crippen LogP contribution < -0.4 is 0 Å². The average Bonchev–Trinajstić information content (AvgIpc) is 2.79. The molecule has 2 aromatic rings. The van der Waals surface area contributed by atoms with Crippen molar-refractivity contribution in [3.63, 3.8) is 0 Å². The number of halogens is 1. The van der Waals surface area contributed by atoms with Crippen LogP contribution in [0.2, 0.25) is 5.15 Å². The minimum absolute atomic E-state index is 0.0225. The lowest BCUT2D eigenvalue weighted by Crippen LogP contribution is -2.12. The summed E-state index contributed by atoms with van der Waals surface area (Å²) in [7, 11) is 0. The Morgan fingerprint density at radius 2 is 2.42 bits per heavy atom. The van der Waals surface area contributed by atoms with Gasteiger partial charge in [-0.3, -0.25) is 0 Å². The van der Waals surface area contributed by atoms with Gasteiger partial charge in [0.25, 0.3) is 0 Å². The first kappa shape index (κ1) is 12.8. The molecule has 4 nitrogen and oxygen atoms in total. The summed E-state index contributed by atoms with van der Waals surface area (Å²) >= 11 is 7.89. The molecule has 19 heavy (non-hydrogen) atoms. The van der Waals surface area contributed by atoms with Crippen molar-refractivity contribution < 1.29 is 4.74 Å². The molecule has 2 aromatic heterocycles. The SMILES string of the molecule is N#CCCOC1CCCc2sc3ncnc(Cl)c3c21. The highest BCUT2D eigenvalue weighted by atomic mass is 35.5.